The van der Waals surface area contributed by atoms with Crippen molar-refractivity contribution in [1.29, 1.82) is 0 Å². The highest BCUT2D eigenvalue weighted by molar-refractivity contribution is 5.69. The molecule has 1 aromatic carbocycles. The summed E-state index contributed by atoms with van der Waals surface area (Å²) in [6.07, 6.45) is -0.119. The summed E-state index contributed by atoms with van der Waals surface area (Å²) in [4.78, 5) is 15.7. The van der Waals surface area contributed by atoms with E-state index in [-0.39, 0.29) is 13.8 Å². The summed E-state index contributed by atoms with van der Waals surface area (Å²) >= 11 is 0. The number of hydrogen-bond donors (Lipinski definition) is 2. The lowest BCUT2D eigenvalue weighted by molar-refractivity contribution is -0.139. The van der Waals surface area contributed by atoms with Crippen molar-refractivity contribution >= 4 is 5.97 Å². The molecular weight excluding hydrogens is 213 g/mol. The monoisotopic (exact) mass is 227 g/mol. The van der Waals surface area contributed by atoms with Crippen LogP contribution in [0.2, 0.25) is 0 Å². The summed E-state index contributed by atoms with van der Waals surface area (Å²) in [5.41, 5.74) is 2.47. The molecule has 0 spiro atoms. The lowest BCUT2D eigenvalue weighted by atomic mass is 9.90. The van der Waals surface area contributed by atoms with Gasteiger partial charge < -0.3 is 9.94 Å². The summed E-state index contributed by atoms with van der Waals surface area (Å²) in [7, 11) is 0. The zero-order valence-electron chi connectivity index (χ0n) is 8.08. The maximum atomic E-state index is 12.9. The predicted molar refractivity (Wildman–Crippen MR) is 56.5 cm³/mol. The van der Waals surface area contributed by atoms with E-state index >= 15 is 0 Å². The third-order valence-electron chi connectivity index (χ3n) is 2.43. The molecule has 0 amide bonds. The van der Waals surface area contributed by atoms with Gasteiger partial charge in [-0.15, -0.1) is 5.48 Å². The van der Waals surface area contributed by atoms with Crippen LogP contribution in [0.4, 0.5) is 4.39 Å². The Hall–Kier alpha value is -1.62. The first-order valence-electron chi connectivity index (χ1n) is 4.47. The Kier molecular flexibility index (Phi) is 3.19. The van der Waals surface area contributed by atoms with Gasteiger partial charge in [0.05, 0.1) is 12.0 Å². The molecule has 0 fully saturated rings. The van der Waals surface area contributed by atoms with E-state index in [1.54, 1.807) is 6.92 Å². The molecule has 1 aromatic rings. The molecule has 0 saturated carbocycles. The second-order valence-electron chi connectivity index (χ2n) is 3.75. The van der Waals surface area contributed by atoms with Crippen LogP contribution in [-0.2, 0) is 10.3 Å². The topological polar surface area (TPSA) is 58.6 Å². The number of rotatable bonds is 2. The lowest BCUT2D eigenvalue weighted by Crippen LogP contribution is -2.37. The molecule has 0 radical (unpaired) electrons. The number of carbonyl (C=O) groups is 1. The van der Waals surface area contributed by atoms with Gasteiger partial charge in [0.15, 0.2) is 5.75 Å². The Labute approximate surface area is 93.0 Å². The molecule has 4 nitrogen and oxygen atoms in total. The van der Waals surface area contributed by atoms with E-state index in [4.69, 9.17) is 9.94 Å². The molecule has 0 aromatic heterocycles. The fourth-order valence-corrected chi connectivity index (χ4v) is 1.69. The van der Waals surface area contributed by atoms with Crippen molar-refractivity contribution in [2.45, 2.75) is 26.3 Å². The molecule has 1 atom stereocenters. The Morgan fingerprint density at radius 2 is 2.31 bits per heavy atom. The van der Waals surface area contributed by atoms with Gasteiger partial charge in [0.1, 0.15) is 5.82 Å². The maximum Gasteiger partial charge on any atom is 0.305 e. The van der Waals surface area contributed by atoms with Gasteiger partial charge in [-0.2, -0.15) is 0 Å². The number of aliphatic carboxylic acids is 1. The minimum absolute atomic E-state index is 0. The van der Waals surface area contributed by atoms with Gasteiger partial charge in [0.2, 0.25) is 0 Å². The second-order valence-corrected chi connectivity index (χ2v) is 3.75. The van der Waals surface area contributed by atoms with Gasteiger partial charge in [-0.05, 0) is 13.0 Å². The summed E-state index contributed by atoms with van der Waals surface area (Å²) in [5, 5.41) is 8.75. The van der Waals surface area contributed by atoms with Gasteiger partial charge in [0, 0.05) is 11.6 Å². The zero-order valence-corrected chi connectivity index (χ0v) is 8.08. The van der Waals surface area contributed by atoms with E-state index in [2.05, 4.69) is 5.48 Å². The zero-order chi connectivity index (χ0) is 11.1. The average molecular weight is 227 g/mol. The third-order valence-corrected chi connectivity index (χ3v) is 2.43. The number of benzene rings is 1. The molecule has 0 aliphatic carbocycles. The third kappa shape index (κ3) is 1.99. The van der Waals surface area contributed by atoms with E-state index in [9.17, 15) is 9.18 Å². The Morgan fingerprint density at radius 1 is 1.62 bits per heavy atom. The van der Waals surface area contributed by atoms with Crippen molar-refractivity contribution in [3.05, 3.63) is 29.6 Å². The minimum Gasteiger partial charge on any atom is -0.481 e. The highest BCUT2D eigenvalue weighted by Gasteiger charge is 2.38. The number of carboxylic acids is 1. The fourth-order valence-electron chi connectivity index (χ4n) is 1.69. The van der Waals surface area contributed by atoms with Crippen LogP contribution in [0.3, 0.4) is 0 Å². The molecule has 2 N–H and O–H groups in total. The predicted octanol–water partition coefficient (Wildman–Crippen LogP) is 2.05. The van der Waals surface area contributed by atoms with Crippen molar-refractivity contribution in [3.8, 4) is 5.75 Å². The van der Waals surface area contributed by atoms with Crippen LogP contribution in [0.25, 0.3) is 0 Å². The molecule has 1 unspecified atom stereocenters. The van der Waals surface area contributed by atoms with Crippen LogP contribution in [0.1, 0.15) is 26.3 Å². The van der Waals surface area contributed by atoms with Gasteiger partial charge in [0.25, 0.3) is 0 Å². The fraction of sp³-hybridized carbons (Fsp3) is 0.364. The Bertz CT molecular complexity index is 422. The molecular formula is C11H14FNO3. The molecule has 0 bridgehead atoms. The van der Waals surface area contributed by atoms with Gasteiger partial charge in [-0.1, -0.05) is 13.5 Å². The number of fused-ring (bicyclic) bond motifs is 1. The first-order valence-corrected chi connectivity index (χ1v) is 4.47. The quantitative estimate of drug-likeness (QED) is 0.811. The molecule has 1 heterocycles. The first kappa shape index (κ1) is 12.4. The van der Waals surface area contributed by atoms with Crippen LogP contribution in [-0.4, -0.2) is 11.1 Å². The van der Waals surface area contributed by atoms with Gasteiger partial charge in [-0.25, -0.2) is 4.39 Å². The van der Waals surface area contributed by atoms with Gasteiger partial charge in [-0.3, -0.25) is 4.79 Å². The standard InChI is InChI=1S/C10H10FNO3.CH4/c1-10(5-9(13)14)7-3-2-6(11)4-8(7)15-12-10;/h2-4,12H,5H2,1H3,(H,13,14);1H4. The lowest BCUT2D eigenvalue weighted by Gasteiger charge is -2.20. The number of hydroxylamine groups is 1. The van der Waals surface area contributed by atoms with E-state index in [0.717, 1.165) is 0 Å². The molecule has 1 aliphatic heterocycles. The highest BCUT2D eigenvalue weighted by atomic mass is 19.1. The molecule has 2 rings (SSSR count). The summed E-state index contributed by atoms with van der Waals surface area (Å²) in [5.74, 6) is -1.00. The van der Waals surface area contributed by atoms with Crippen LogP contribution in [0, 0.1) is 5.82 Å². The Balaban J connectivity index is 0.00000128. The van der Waals surface area contributed by atoms with E-state index in [1.165, 1.54) is 18.2 Å². The smallest absolute Gasteiger partial charge is 0.305 e. The number of halogens is 1. The highest BCUT2D eigenvalue weighted by Crippen LogP contribution is 2.37. The van der Waals surface area contributed by atoms with Crippen molar-refractivity contribution < 1.29 is 19.1 Å². The molecule has 88 valence electrons. The minimum atomic E-state index is -0.939. The van der Waals surface area contributed by atoms with Crippen LogP contribution < -0.4 is 10.3 Å². The van der Waals surface area contributed by atoms with Crippen molar-refractivity contribution in [2.75, 3.05) is 0 Å². The second kappa shape index (κ2) is 4.09. The Morgan fingerprint density at radius 3 is 2.94 bits per heavy atom. The number of carboxylic acid groups (broad SMARTS) is 1. The van der Waals surface area contributed by atoms with E-state index in [0.29, 0.717) is 11.3 Å². The number of hydrogen-bond acceptors (Lipinski definition) is 3. The summed E-state index contributed by atoms with van der Waals surface area (Å²) in [6, 6.07) is 4.05. The van der Waals surface area contributed by atoms with Crippen molar-refractivity contribution in [1.82, 2.24) is 5.48 Å². The largest absolute Gasteiger partial charge is 0.481 e. The molecule has 5 heteroatoms. The van der Waals surface area contributed by atoms with Crippen molar-refractivity contribution in [3.63, 3.8) is 0 Å². The van der Waals surface area contributed by atoms with Crippen LogP contribution >= 0.6 is 0 Å². The van der Waals surface area contributed by atoms with Crippen molar-refractivity contribution in [2.24, 2.45) is 0 Å². The number of nitrogens with one attached hydrogen (secondary N) is 1. The molecule has 0 saturated heterocycles. The SMILES string of the molecule is C.CC1(CC(=O)O)NOc2cc(F)ccc21. The maximum absolute atomic E-state index is 12.9. The molecule has 1 aliphatic rings. The van der Waals surface area contributed by atoms with Crippen LogP contribution in [0.15, 0.2) is 18.2 Å². The van der Waals surface area contributed by atoms with Crippen LogP contribution in [0.5, 0.6) is 5.75 Å². The normalized spacial score (nSPS) is 21.9. The van der Waals surface area contributed by atoms with E-state index < -0.39 is 17.3 Å². The first-order chi connectivity index (χ1) is 7.01. The molecule has 16 heavy (non-hydrogen) atoms. The summed E-state index contributed by atoms with van der Waals surface area (Å²) < 4.78 is 12.9. The summed E-state index contributed by atoms with van der Waals surface area (Å²) in [6.45, 7) is 1.70. The average Bonchev–Trinajstić information content (AvgIpc) is 2.42. The van der Waals surface area contributed by atoms with E-state index in [1.807, 2.05) is 0 Å². The van der Waals surface area contributed by atoms with Gasteiger partial charge >= 0.3 is 5.97 Å².